The van der Waals surface area contributed by atoms with E-state index in [4.69, 9.17) is 4.74 Å². The number of carbonyl (C=O) groups is 1. The number of Topliss-reactive ketones (excluding diaryl/α,β-unsaturated/α-hetero) is 1. The molecule has 1 unspecified atom stereocenters. The lowest BCUT2D eigenvalue weighted by Crippen LogP contribution is -2.09. The highest BCUT2D eigenvalue weighted by molar-refractivity contribution is 5.96. The maximum atomic E-state index is 12.1. The van der Waals surface area contributed by atoms with Gasteiger partial charge in [0.05, 0.1) is 6.10 Å². The van der Waals surface area contributed by atoms with E-state index in [1.807, 2.05) is 26.0 Å². The Bertz CT molecular complexity index is 383. The third-order valence-electron chi connectivity index (χ3n) is 3.26. The maximum Gasteiger partial charge on any atom is 0.162 e. The van der Waals surface area contributed by atoms with Crippen LogP contribution in [0.2, 0.25) is 0 Å². The van der Waals surface area contributed by atoms with Gasteiger partial charge in [-0.05, 0) is 45.2 Å². The molecule has 17 heavy (non-hydrogen) atoms. The zero-order valence-electron chi connectivity index (χ0n) is 10.7. The summed E-state index contributed by atoms with van der Waals surface area (Å²) in [4.78, 5) is 12.1. The Kier molecular flexibility index (Phi) is 3.95. The number of ketones is 1. The Morgan fingerprint density at radius 1 is 1.29 bits per heavy atom. The highest BCUT2D eigenvalue weighted by Crippen LogP contribution is 2.19. The highest BCUT2D eigenvalue weighted by atomic mass is 16.5. The molecule has 0 aliphatic carbocycles. The van der Waals surface area contributed by atoms with Gasteiger partial charge in [-0.15, -0.1) is 0 Å². The van der Waals surface area contributed by atoms with Gasteiger partial charge in [-0.3, -0.25) is 4.79 Å². The van der Waals surface area contributed by atoms with Crippen LogP contribution in [0, 0.1) is 13.8 Å². The van der Waals surface area contributed by atoms with Crippen molar-refractivity contribution in [2.45, 2.75) is 45.6 Å². The lowest BCUT2D eigenvalue weighted by molar-refractivity contribution is 0.0859. The number of carbonyl (C=O) groups excluding carboxylic acids is 1. The van der Waals surface area contributed by atoms with Crippen LogP contribution in [0.3, 0.4) is 0 Å². The smallest absolute Gasteiger partial charge is 0.162 e. The SMILES string of the molecule is Cc1cc(C)cc(C(=O)CCC2CCCO2)c1. The second-order valence-electron chi connectivity index (χ2n) is 4.97. The average molecular weight is 232 g/mol. The van der Waals surface area contributed by atoms with E-state index in [-0.39, 0.29) is 5.78 Å². The van der Waals surface area contributed by atoms with E-state index >= 15 is 0 Å². The molecule has 1 heterocycles. The van der Waals surface area contributed by atoms with Gasteiger partial charge >= 0.3 is 0 Å². The Hall–Kier alpha value is -1.15. The first-order valence-corrected chi connectivity index (χ1v) is 6.38. The minimum Gasteiger partial charge on any atom is -0.378 e. The van der Waals surface area contributed by atoms with E-state index in [2.05, 4.69) is 6.07 Å². The summed E-state index contributed by atoms with van der Waals surface area (Å²) in [5.41, 5.74) is 3.16. The second kappa shape index (κ2) is 5.46. The molecule has 1 saturated heterocycles. The third-order valence-corrected chi connectivity index (χ3v) is 3.26. The summed E-state index contributed by atoms with van der Waals surface area (Å²) in [5, 5.41) is 0. The molecule has 1 aromatic rings. The Balaban J connectivity index is 1.94. The molecule has 1 fully saturated rings. The van der Waals surface area contributed by atoms with Gasteiger partial charge in [0.1, 0.15) is 0 Å². The Labute approximate surface area is 103 Å². The van der Waals surface area contributed by atoms with Crippen molar-refractivity contribution in [2.24, 2.45) is 0 Å². The minimum atomic E-state index is 0.243. The first kappa shape index (κ1) is 12.3. The molecule has 1 aliphatic rings. The van der Waals surface area contributed by atoms with Crippen molar-refractivity contribution in [2.75, 3.05) is 6.61 Å². The average Bonchev–Trinajstić information content (AvgIpc) is 2.77. The topological polar surface area (TPSA) is 26.3 Å². The van der Waals surface area contributed by atoms with Crippen LogP contribution >= 0.6 is 0 Å². The quantitative estimate of drug-likeness (QED) is 0.743. The third kappa shape index (κ3) is 3.40. The van der Waals surface area contributed by atoms with Crippen molar-refractivity contribution in [1.82, 2.24) is 0 Å². The predicted molar refractivity (Wildman–Crippen MR) is 68.5 cm³/mol. The summed E-state index contributed by atoms with van der Waals surface area (Å²) in [6, 6.07) is 6.05. The van der Waals surface area contributed by atoms with Gasteiger partial charge in [-0.2, -0.15) is 0 Å². The zero-order valence-corrected chi connectivity index (χ0v) is 10.7. The summed E-state index contributed by atoms with van der Waals surface area (Å²) in [6.45, 7) is 4.93. The molecule has 2 nitrogen and oxygen atoms in total. The van der Waals surface area contributed by atoms with Gasteiger partial charge in [0.25, 0.3) is 0 Å². The fourth-order valence-corrected chi connectivity index (χ4v) is 2.44. The number of hydrogen-bond acceptors (Lipinski definition) is 2. The van der Waals surface area contributed by atoms with Crippen molar-refractivity contribution < 1.29 is 9.53 Å². The fourth-order valence-electron chi connectivity index (χ4n) is 2.44. The molecule has 2 rings (SSSR count). The van der Waals surface area contributed by atoms with Crippen LogP contribution < -0.4 is 0 Å². The van der Waals surface area contributed by atoms with Crippen LogP contribution in [0.5, 0.6) is 0 Å². The molecule has 2 heteroatoms. The summed E-state index contributed by atoms with van der Waals surface area (Å²) in [5.74, 6) is 0.243. The van der Waals surface area contributed by atoms with Crippen LogP contribution in [0.15, 0.2) is 18.2 Å². The van der Waals surface area contributed by atoms with Crippen molar-refractivity contribution in [1.29, 1.82) is 0 Å². The molecule has 0 amide bonds. The minimum absolute atomic E-state index is 0.243. The number of rotatable bonds is 4. The van der Waals surface area contributed by atoms with Gasteiger partial charge in [0.15, 0.2) is 5.78 Å². The van der Waals surface area contributed by atoms with Crippen molar-refractivity contribution in [3.8, 4) is 0 Å². The normalized spacial score (nSPS) is 19.5. The number of aryl methyl sites for hydroxylation is 2. The highest BCUT2D eigenvalue weighted by Gasteiger charge is 2.17. The van der Waals surface area contributed by atoms with Crippen LogP contribution in [-0.4, -0.2) is 18.5 Å². The molecule has 0 radical (unpaired) electrons. The summed E-state index contributed by atoms with van der Waals surface area (Å²) in [6.07, 6.45) is 4.03. The molecule has 0 aromatic heterocycles. The first-order chi connectivity index (χ1) is 8.15. The van der Waals surface area contributed by atoms with E-state index < -0.39 is 0 Å². The van der Waals surface area contributed by atoms with E-state index in [1.165, 1.54) is 0 Å². The predicted octanol–water partition coefficient (Wildman–Crippen LogP) is 3.45. The van der Waals surface area contributed by atoms with Crippen molar-refractivity contribution >= 4 is 5.78 Å². The molecule has 1 aliphatic heterocycles. The van der Waals surface area contributed by atoms with E-state index in [0.29, 0.717) is 12.5 Å². The van der Waals surface area contributed by atoms with Crippen LogP contribution in [-0.2, 0) is 4.74 Å². The molecule has 0 spiro atoms. The molecule has 92 valence electrons. The van der Waals surface area contributed by atoms with E-state index in [0.717, 1.165) is 42.6 Å². The van der Waals surface area contributed by atoms with Crippen molar-refractivity contribution in [3.05, 3.63) is 34.9 Å². The van der Waals surface area contributed by atoms with Gasteiger partial charge in [-0.25, -0.2) is 0 Å². The monoisotopic (exact) mass is 232 g/mol. The summed E-state index contributed by atoms with van der Waals surface area (Å²) < 4.78 is 5.53. The lowest BCUT2D eigenvalue weighted by Gasteiger charge is -2.09. The number of ether oxygens (including phenoxy) is 1. The summed E-state index contributed by atoms with van der Waals surface area (Å²) >= 11 is 0. The van der Waals surface area contributed by atoms with E-state index in [1.54, 1.807) is 0 Å². The molecular weight excluding hydrogens is 212 g/mol. The Morgan fingerprint density at radius 2 is 2.00 bits per heavy atom. The number of hydrogen-bond donors (Lipinski definition) is 0. The Morgan fingerprint density at radius 3 is 2.59 bits per heavy atom. The first-order valence-electron chi connectivity index (χ1n) is 6.38. The van der Waals surface area contributed by atoms with Crippen LogP contribution in [0.1, 0.15) is 47.2 Å². The van der Waals surface area contributed by atoms with Gasteiger partial charge in [-0.1, -0.05) is 17.2 Å². The van der Waals surface area contributed by atoms with Crippen molar-refractivity contribution in [3.63, 3.8) is 0 Å². The number of benzene rings is 1. The fraction of sp³-hybridized carbons (Fsp3) is 0.533. The largest absolute Gasteiger partial charge is 0.378 e. The molecule has 1 aromatic carbocycles. The molecule has 0 N–H and O–H groups in total. The molecule has 0 saturated carbocycles. The lowest BCUT2D eigenvalue weighted by atomic mass is 10.00. The second-order valence-corrected chi connectivity index (χ2v) is 4.97. The summed E-state index contributed by atoms with van der Waals surface area (Å²) in [7, 11) is 0. The van der Waals surface area contributed by atoms with E-state index in [9.17, 15) is 4.79 Å². The standard InChI is InChI=1S/C15H20O2/c1-11-8-12(2)10-13(9-11)15(16)6-5-14-4-3-7-17-14/h8-10,14H,3-7H2,1-2H3. The molecule has 0 bridgehead atoms. The van der Waals surface area contributed by atoms with Gasteiger partial charge in [0.2, 0.25) is 0 Å². The van der Waals surface area contributed by atoms with Crippen LogP contribution in [0.25, 0.3) is 0 Å². The molecule has 1 atom stereocenters. The van der Waals surface area contributed by atoms with Gasteiger partial charge < -0.3 is 4.74 Å². The van der Waals surface area contributed by atoms with Crippen LogP contribution in [0.4, 0.5) is 0 Å². The van der Waals surface area contributed by atoms with Gasteiger partial charge in [0, 0.05) is 18.6 Å². The maximum absolute atomic E-state index is 12.1. The zero-order chi connectivity index (χ0) is 12.3. The molecular formula is C15H20O2.